The maximum atomic E-state index is 10.7. The molecule has 0 radical (unpaired) electrons. The fraction of sp³-hybridized carbons (Fsp3) is 0.150. The molecule has 2 aromatic carbocycles. The van der Waals surface area contributed by atoms with Gasteiger partial charge in [0.05, 0.1) is 11.0 Å². The van der Waals surface area contributed by atoms with Crippen LogP contribution in [-0.2, 0) is 0 Å². The number of imidazole rings is 1. The van der Waals surface area contributed by atoms with E-state index in [9.17, 15) is 5.11 Å². The van der Waals surface area contributed by atoms with Crippen molar-refractivity contribution in [2.24, 2.45) is 0 Å². The number of benzene rings is 2. The van der Waals surface area contributed by atoms with E-state index in [4.69, 9.17) is 0 Å². The quantitative estimate of drug-likeness (QED) is 0.692. The van der Waals surface area contributed by atoms with Crippen LogP contribution < -0.4 is 0 Å². The van der Waals surface area contributed by atoms with Gasteiger partial charge in [0.1, 0.15) is 11.6 Å². The predicted octanol–water partition coefficient (Wildman–Crippen LogP) is 5.10. The average Bonchev–Trinajstić information content (AvgIpc) is 3.01. The van der Waals surface area contributed by atoms with Gasteiger partial charge in [-0.15, -0.1) is 0 Å². The normalized spacial score (nSPS) is 17.1. The molecule has 1 aromatic heterocycles. The Bertz CT molecular complexity index is 871. The number of para-hydroxylation sites is 2. The summed E-state index contributed by atoms with van der Waals surface area (Å²) in [6.45, 7) is 0. The van der Waals surface area contributed by atoms with Crippen molar-refractivity contribution >= 4 is 22.7 Å². The summed E-state index contributed by atoms with van der Waals surface area (Å²) in [6, 6.07) is 18.1. The Labute approximate surface area is 135 Å². The summed E-state index contributed by atoms with van der Waals surface area (Å²) >= 11 is 0. The number of aliphatic hydroxyl groups excluding tert-OH is 1. The maximum Gasteiger partial charge on any atom is 0.138 e. The first-order valence-electron chi connectivity index (χ1n) is 7.94. The van der Waals surface area contributed by atoms with Crippen molar-refractivity contribution in [1.82, 2.24) is 9.97 Å². The largest absolute Gasteiger partial charge is 0.507 e. The average molecular weight is 302 g/mol. The highest BCUT2D eigenvalue weighted by Gasteiger charge is 2.20. The third-order valence-corrected chi connectivity index (χ3v) is 4.28. The number of fused-ring (bicyclic) bond motifs is 1. The molecule has 23 heavy (non-hydrogen) atoms. The number of allylic oxidation sites excluding steroid dienone is 2. The summed E-state index contributed by atoms with van der Waals surface area (Å²) < 4.78 is 0. The van der Waals surface area contributed by atoms with E-state index in [1.54, 1.807) is 0 Å². The van der Waals surface area contributed by atoms with Gasteiger partial charge in [-0.05, 0) is 48.6 Å². The summed E-state index contributed by atoms with van der Waals surface area (Å²) in [5.41, 5.74) is 4.94. The molecule has 0 unspecified atom stereocenters. The number of nitrogens with one attached hydrogen (secondary N) is 1. The number of aliphatic hydroxyl groups is 1. The molecule has 1 heterocycles. The number of rotatable bonds is 2. The minimum Gasteiger partial charge on any atom is -0.507 e. The first kappa shape index (κ1) is 13.8. The van der Waals surface area contributed by atoms with Gasteiger partial charge in [-0.3, -0.25) is 0 Å². The molecule has 1 aliphatic carbocycles. The van der Waals surface area contributed by atoms with E-state index in [2.05, 4.69) is 28.2 Å². The molecule has 3 heteroatoms. The van der Waals surface area contributed by atoms with Crippen LogP contribution >= 0.6 is 0 Å². The van der Waals surface area contributed by atoms with Crippen molar-refractivity contribution in [2.45, 2.75) is 19.3 Å². The molecular formula is C20H18N2O. The molecule has 0 amide bonds. The molecule has 0 fully saturated rings. The number of hydrogen-bond donors (Lipinski definition) is 2. The third-order valence-electron chi connectivity index (χ3n) is 4.28. The summed E-state index contributed by atoms with van der Waals surface area (Å²) in [6.07, 6.45) is 4.83. The van der Waals surface area contributed by atoms with Gasteiger partial charge in [0.15, 0.2) is 0 Å². The molecule has 0 atom stereocenters. The lowest BCUT2D eigenvalue weighted by Gasteiger charge is -2.17. The van der Waals surface area contributed by atoms with Crippen LogP contribution in [0.4, 0.5) is 0 Å². The van der Waals surface area contributed by atoms with Crippen molar-refractivity contribution in [1.29, 1.82) is 0 Å². The maximum absolute atomic E-state index is 10.7. The zero-order valence-corrected chi connectivity index (χ0v) is 12.8. The zero-order valence-electron chi connectivity index (χ0n) is 12.8. The summed E-state index contributed by atoms with van der Waals surface area (Å²) in [7, 11) is 0. The van der Waals surface area contributed by atoms with E-state index in [0.29, 0.717) is 5.76 Å². The molecule has 1 aliphatic rings. The Hall–Kier alpha value is -2.81. The Morgan fingerprint density at radius 1 is 0.957 bits per heavy atom. The van der Waals surface area contributed by atoms with Crippen LogP contribution in [0, 0.1) is 0 Å². The van der Waals surface area contributed by atoms with Gasteiger partial charge in [-0.1, -0.05) is 42.5 Å². The summed E-state index contributed by atoms with van der Waals surface area (Å²) in [5.74, 6) is 1.15. The lowest BCUT2D eigenvalue weighted by Crippen LogP contribution is -2.03. The van der Waals surface area contributed by atoms with Crippen LogP contribution in [0.15, 0.2) is 65.9 Å². The van der Waals surface area contributed by atoms with Crippen molar-refractivity contribution in [3.8, 4) is 0 Å². The highest BCUT2D eigenvalue weighted by atomic mass is 16.3. The minimum absolute atomic E-state index is 0.374. The SMILES string of the molecule is OC1=C(c2nc3ccccc3[nH]2)CCCC1=Cc1ccccc1. The van der Waals surface area contributed by atoms with Gasteiger partial charge in [0.2, 0.25) is 0 Å². The van der Waals surface area contributed by atoms with Gasteiger partial charge >= 0.3 is 0 Å². The molecule has 2 N–H and O–H groups in total. The number of H-pyrrole nitrogens is 1. The Morgan fingerprint density at radius 2 is 1.74 bits per heavy atom. The summed E-state index contributed by atoms with van der Waals surface area (Å²) in [4.78, 5) is 7.95. The van der Waals surface area contributed by atoms with E-state index < -0.39 is 0 Å². The molecule has 0 saturated heterocycles. The molecule has 3 aromatic rings. The van der Waals surface area contributed by atoms with Gasteiger partial charge in [-0.25, -0.2) is 4.98 Å². The van der Waals surface area contributed by atoms with Crippen LogP contribution in [-0.4, -0.2) is 15.1 Å². The van der Waals surface area contributed by atoms with Gasteiger partial charge in [0, 0.05) is 5.57 Å². The fourth-order valence-electron chi connectivity index (χ4n) is 3.10. The molecule has 114 valence electrons. The number of nitrogens with zero attached hydrogens (tertiary/aromatic N) is 1. The van der Waals surface area contributed by atoms with Crippen LogP contribution in [0.2, 0.25) is 0 Å². The van der Waals surface area contributed by atoms with E-state index >= 15 is 0 Å². The first-order chi connectivity index (χ1) is 11.3. The number of aromatic nitrogens is 2. The van der Waals surface area contributed by atoms with Crippen molar-refractivity contribution in [2.75, 3.05) is 0 Å². The Balaban J connectivity index is 1.77. The second-order valence-corrected chi connectivity index (χ2v) is 5.86. The molecular weight excluding hydrogens is 284 g/mol. The van der Waals surface area contributed by atoms with E-state index in [1.165, 1.54) is 0 Å². The van der Waals surface area contributed by atoms with Crippen LogP contribution in [0.25, 0.3) is 22.7 Å². The standard InChI is InChI=1S/C20H18N2O/c23-19-15(13-14-7-2-1-3-8-14)9-6-10-16(19)20-21-17-11-4-5-12-18(17)22-20/h1-5,7-8,11-13,23H,6,9-10H2,(H,21,22). The second kappa shape index (κ2) is 5.76. The molecule has 0 saturated carbocycles. The van der Waals surface area contributed by atoms with E-state index in [0.717, 1.165) is 52.8 Å². The smallest absolute Gasteiger partial charge is 0.138 e. The van der Waals surface area contributed by atoms with Crippen LogP contribution in [0.1, 0.15) is 30.7 Å². The second-order valence-electron chi connectivity index (χ2n) is 5.86. The minimum atomic E-state index is 0.374. The first-order valence-corrected chi connectivity index (χ1v) is 7.94. The molecule has 0 bridgehead atoms. The number of hydrogen-bond acceptors (Lipinski definition) is 2. The highest BCUT2D eigenvalue weighted by Crippen LogP contribution is 2.34. The molecule has 0 aliphatic heterocycles. The van der Waals surface area contributed by atoms with Crippen molar-refractivity contribution < 1.29 is 5.11 Å². The Morgan fingerprint density at radius 3 is 2.57 bits per heavy atom. The van der Waals surface area contributed by atoms with Crippen molar-refractivity contribution in [3.05, 3.63) is 77.3 Å². The van der Waals surface area contributed by atoms with Crippen LogP contribution in [0.3, 0.4) is 0 Å². The van der Waals surface area contributed by atoms with Gasteiger partial charge in [0.25, 0.3) is 0 Å². The Kier molecular flexibility index (Phi) is 3.46. The topological polar surface area (TPSA) is 48.9 Å². The fourth-order valence-corrected chi connectivity index (χ4v) is 3.10. The number of aromatic amines is 1. The lowest BCUT2D eigenvalue weighted by molar-refractivity contribution is 0.413. The lowest BCUT2D eigenvalue weighted by atomic mass is 9.91. The molecule has 4 rings (SSSR count). The van der Waals surface area contributed by atoms with E-state index in [-0.39, 0.29) is 0 Å². The molecule has 3 nitrogen and oxygen atoms in total. The van der Waals surface area contributed by atoms with Crippen molar-refractivity contribution in [3.63, 3.8) is 0 Å². The van der Waals surface area contributed by atoms with Crippen LogP contribution in [0.5, 0.6) is 0 Å². The predicted molar refractivity (Wildman–Crippen MR) is 93.9 cm³/mol. The highest BCUT2D eigenvalue weighted by molar-refractivity contribution is 5.80. The zero-order chi connectivity index (χ0) is 15.6. The van der Waals surface area contributed by atoms with E-state index in [1.807, 2.05) is 42.5 Å². The molecule has 0 spiro atoms. The van der Waals surface area contributed by atoms with Gasteiger partial charge in [-0.2, -0.15) is 0 Å². The monoisotopic (exact) mass is 302 g/mol. The third kappa shape index (κ3) is 2.66. The van der Waals surface area contributed by atoms with Gasteiger partial charge < -0.3 is 10.1 Å². The summed E-state index contributed by atoms with van der Waals surface area (Å²) in [5, 5.41) is 10.7.